The Morgan fingerprint density at radius 1 is 1.30 bits per heavy atom. The van der Waals surface area contributed by atoms with Crippen molar-refractivity contribution in [3.63, 3.8) is 0 Å². The van der Waals surface area contributed by atoms with Gasteiger partial charge in [-0.05, 0) is 61.6 Å². The van der Waals surface area contributed by atoms with E-state index in [0.717, 1.165) is 25.3 Å². The summed E-state index contributed by atoms with van der Waals surface area (Å²) >= 11 is 0. The molecule has 6 rings (SSSR count). The van der Waals surface area contributed by atoms with Crippen LogP contribution in [0.3, 0.4) is 0 Å². The number of phenolic OH excluding ortho intramolecular Hbond substituents is 1. The largest absolute Gasteiger partial charge is 0.504 e. The van der Waals surface area contributed by atoms with E-state index >= 15 is 0 Å². The van der Waals surface area contributed by atoms with Crippen molar-refractivity contribution in [1.29, 1.82) is 0 Å². The Labute approximate surface area is 166 Å². The zero-order chi connectivity index (χ0) is 17.6. The van der Waals surface area contributed by atoms with Crippen molar-refractivity contribution in [2.24, 2.45) is 17.8 Å². The number of piperidine rings is 1. The normalized spacial score (nSPS) is 39.2. The summed E-state index contributed by atoms with van der Waals surface area (Å²) in [5.41, 5.74) is 2.30. The summed E-state index contributed by atoms with van der Waals surface area (Å²) in [6.07, 6.45) is 6.43. The Hall–Kier alpha value is -1.26. The van der Waals surface area contributed by atoms with Gasteiger partial charge in [-0.2, -0.15) is 0 Å². The topological polar surface area (TPSA) is 49.8 Å². The van der Waals surface area contributed by atoms with Crippen molar-refractivity contribution in [2.75, 3.05) is 13.1 Å². The highest BCUT2D eigenvalue weighted by molar-refractivity contribution is 5.89. The second-order valence-electron chi connectivity index (χ2n) is 9.47. The zero-order valence-corrected chi connectivity index (χ0v) is 16.6. The smallest absolute Gasteiger partial charge is 0.174 e. The lowest BCUT2D eigenvalue weighted by atomic mass is 9.49. The van der Waals surface area contributed by atoms with E-state index in [2.05, 4.69) is 17.9 Å². The van der Waals surface area contributed by atoms with Crippen LogP contribution in [-0.2, 0) is 16.6 Å². The lowest BCUT2D eigenvalue weighted by molar-refractivity contribution is -0.144. The monoisotopic (exact) mass is 389 g/mol. The number of ketones is 1. The maximum absolute atomic E-state index is 12.9. The summed E-state index contributed by atoms with van der Waals surface area (Å²) in [5.74, 6) is 2.79. The van der Waals surface area contributed by atoms with Gasteiger partial charge in [0.25, 0.3) is 0 Å². The molecule has 2 heterocycles. The predicted molar refractivity (Wildman–Crippen MR) is 105 cm³/mol. The minimum Gasteiger partial charge on any atom is -0.504 e. The Morgan fingerprint density at radius 2 is 2.11 bits per heavy atom. The quantitative estimate of drug-likeness (QED) is 0.841. The fourth-order valence-electron chi connectivity index (χ4n) is 7.10. The van der Waals surface area contributed by atoms with Crippen LogP contribution in [0.4, 0.5) is 0 Å². The van der Waals surface area contributed by atoms with Crippen LogP contribution in [0, 0.1) is 17.8 Å². The first-order valence-corrected chi connectivity index (χ1v) is 10.4. The number of rotatable bonds is 2. The van der Waals surface area contributed by atoms with Crippen LogP contribution in [0.5, 0.6) is 11.5 Å². The number of hydrogen-bond donors (Lipinski definition) is 1. The van der Waals surface area contributed by atoms with Gasteiger partial charge >= 0.3 is 0 Å². The van der Waals surface area contributed by atoms with Crippen LogP contribution in [0.25, 0.3) is 0 Å². The lowest BCUT2D eigenvalue weighted by Crippen LogP contribution is -2.68. The summed E-state index contributed by atoms with van der Waals surface area (Å²) in [4.78, 5) is 15.7. The minimum absolute atomic E-state index is 0. The van der Waals surface area contributed by atoms with Crippen LogP contribution < -0.4 is 4.74 Å². The number of hydrogen-bond acceptors (Lipinski definition) is 4. The number of carbonyl (C=O) groups excluding carboxylic acids is 1. The van der Waals surface area contributed by atoms with Gasteiger partial charge in [0.05, 0.1) is 0 Å². The molecule has 146 valence electrons. The molecular weight excluding hydrogens is 362 g/mol. The number of nitrogens with zero attached hydrogens (tertiary/aromatic N) is 1. The molecule has 1 N–H and O–H groups in total. The first-order chi connectivity index (χ1) is 12.6. The van der Waals surface area contributed by atoms with E-state index in [9.17, 15) is 9.90 Å². The Kier molecular flexibility index (Phi) is 3.87. The van der Waals surface area contributed by atoms with E-state index in [-0.39, 0.29) is 35.5 Å². The number of aromatic hydroxyl groups is 1. The highest BCUT2D eigenvalue weighted by Crippen LogP contribution is 2.64. The zero-order valence-electron chi connectivity index (χ0n) is 15.8. The molecule has 5 heteroatoms. The minimum atomic E-state index is -0.376. The third-order valence-corrected chi connectivity index (χ3v) is 8.26. The molecule has 3 fully saturated rings. The first-order valence-electron chi connectivity index (χ1n) is 10.4. The number of Topliss-reactive ketones (excluding diaryl/α,β-unsaturated/α-hetero) is 1. The molecular formula is C22H28ClNO3. The Morgan fingerprint density at radius 3 is 2.85 bits per heavy atom. The maximum atomic E-state index is 12.9. The van der Waals surface area contributed by atoms with Gasteiger partial charge < -0.3 is 9.84 Å². The number of carbonyl (C=O) groups is 1. The average Bonchev–Trinajstić information content (AvgIpc) is 2.92. The molecule has 4 nitrogen and oxygen atoms in total. The molecule has 0 radical (unpaired) electrons. The molecule has 1 spiro atoms. The van der Waals surface area contributed by atoms with E-state index in [1.165, 1.54) is 36.9 Å². The molecule has 0 unspecified atom stereocenters. The Balaban J connectivity index is 0.00000160. The fourth-order valence-corrected chi connectivity index (χ4v) is 7.10. The predicted octanol–water partition coefficient (Wildman–Crippen LogP) is 3.47. The van der Waals surface area contributed by atoms with E-state index in [1.807, 2.05) is 0 Å². The van der Waals surface area contributed by atoms with Gasteiger partial charge in [-0.1, -0.05) is 19.4 Å². The van der Waals surface area contributed by atoms with Gasteiger partial charge in [-0.3, -0.25) is 9.69 Å². The van der Waals surface area contributed by atoms with Crippen LogP contribution >= 0.6 is 12.4 Å². The number of halogens is 1. The second kappa shape index (κ2) is 5.87. The summed E-state index contributed by atoms with van der Waals surface area (Å²) in [7, 11) is 0. The number of likely N-dealkylation sites (tertiary alicyclic amines) is 1. The van der Waals surface area contributed by atoms with E-state index in [4.69, 9.17) is 4.74 Å². The first kappa shape index (κ1) is 17.8. The van der Waals surface area contributed by atoms with E-state index in [0.29, 0.717) is 30.0 Å². The summed E-state index contributed by atoms with van der Waals surface area (Å²) in [5, 5.41) is 10.4. The van der Waals surface area contributed by atoms with Gasteiger partial charge in [0, 0.05) is 30.0 Å². The maximum Gasteiger partial charge on any atom is 0.174 e. The molecule has 0 amide bonds. The third kappa shape index (κ3) is 2.12. The molecule has 1 aromatic carbocycles. The van der Waals surface area contributed by atoms with Crippen molar-refractivity contribution in [3.8, 4) is 11.5 Å². The molecule has 27 heavy (non-hydrogen) atoms. The molecule has 5 aliphatic rings. The van der Waals surface area contributed by atoms with Crippen LogP contribution in [-0.4, -0.2) is 41.0 Å². The molecule has 2 aliphatic heterocycles. The average molecular weight is 390 g/mol. The molecule has 0 aromatic heterocycles. The standard InChI is InChI=1S/C22H27NO3.ClH/c1-12-9-17(25)21-22-7-8-23(11-13-3-2-4-13)15(18(12)22)10-14-5-6-16(24)20(26-21)19(14)22;/h5-6,12-13,15,18,21,24H,2-4,7-11H2,1H3;1H/t12-,15+,18-,21+,22-;/m0./s1. The second-order valence-corrected chi connectivity index (χ2v) is 9.47. The lowest BCUT2D eigenvalue weighted by Gasteiger charge is -2.60. The molecule has 5 atom stereocenters. The fraction of sp³-hybridized carbons (Fsp3) is 0.682. The van der Waals surface area contributed by atoms with Crippen molar-refractivity contribution in [3.05, 3.63) is 23.3 Å². The van der Waals surface area contributed by atoms with Crippen molar-refractivity contribution >= 4 is 18.2 Å². The summed E-state index contributed by atoms with van der Waals surface area (Å²) in [6.45, 7) is 4.56. The SMILES string of the molecule is C[C@H]1CC(=O)[C@H]2Oc3c(O)ccc4c3[C@@]23CCN(CC2CCC2)[C@H](C4)[C@H]13.Cl. The third-order valence-electron chi connectivity index (χ3n) is 8.26. The van der Waals surface area contributed by atoms with Crippen LogP contribution in [0.15, 0.2) is 12.1 Å². The highest BCUT2D eigenvalue weighted by atomic mass is 35.5. The van der Waals surface area contributed by atoms with Gasteiger partial charge in [-0.25, -0.2) is 0 Å². The van der Waals surface area contributed by atoms with Gasteiger partial charge in [0.2, 0.25) is 0 Å². The van der Waals surface area contributed by atoms with E-state index < -0.39 is 0 Å². The summed E-state index contributed by atoms with van der Waals surface area (Å²) < 4.78 is 6.20. The molecule has 2 bridgehead atoms. The van der Waals surface area contributed by atoms with Gasteiger partial charge in [0.1, 0.15) is 0 Å². The number of ether oxygens (including phenoxy) is 1. The molecule has 1 saturated heterocycles. The van der Waals surface area contributed by atoms with Crippen molar-refractivity contribution in [2.45, 2.75) is 63.0 Å². The van der Waals surface area contributed by atoms with Gasteiger partial charge in [0.15, 0.2) is 23.4 Å². The van der Waals surface area contributed by atoms with Gasteiger partial charge in [-0.15, -0.1) is 12.4 Å². The number of phenols is 1. The molecule has 2 saturated carbocycles. The number of benzene rings is 1. The Bertz CT molecular complexity index is 807. The molecule has 3 aliphatic carbocycles. The van der Waals surface area contributed by atoms with Crippen molar-refractivity contribution < 1.29 is 14.6 Å². The highest BCUT2D eigenvalue weighted by Gasteiger charge is 2.67. The van der Waals surface area contributed by atoms with Crippen LogP contribution in [0.1, 0.15) is 50.2 Å². The van der Waals surface area contributed by atoms with Crippen LogP contribution in [0.2, 0.25) is 0 Å². The van der Waals surface area contributed by atoms with Crippen molar-refractivity contribution in [1.82, 2.24) is 4.90 Å². The summed E-state index contributed by atoms with van der Waals surface area (Å²) in [6, 6.07) is 4.37. The molecule has 1 aromatic rings. The van der Waals surface area contributed by atoms with E-state index in [1.54, 1.807) is 6.07 Å².